The normalized spacial score (nSPS) is 23.2. The predicted molar refractivity (Wildman–Crippen MR) is 37.9 cm³/mol. The van der Waals surface area contributed by atoms with Crippen LogP contribution in [-0.4, -0.2) is 36.8 Å². The van der Waals surface area contributed by atoms with Crippen molar-refractivity contribution >= 4 is 17.8 Å². The van der Waals surface area contributed by atoms with Crippen LogP contribution in [0.2, 0.25) is 0 Å². The molecule has 0 spiro atoms. The highest BCUT2D eigenvalue weighted by Crippen LogP contribution is 2.18. The predicted octanol–water partition coefficient (Wildman–Crippen LogP) is -0.836. The number of esters is 1. The van der Waals surface area contributed by atoms with Gasteiger partial charge in [0.15, 0.2) is 0 Å². The van der Waals surface area contributed by atoms with E-state index in [-0.39, 0.29) is 12.3 Å². The number of hydrogen-bond donors (Lipinski definition) is 0. The fourth-order valence-electron chi connectivity index (χ4n) is 1.08. The van der Waals surface area contributed by atoms with Crippen molar-refractivity contribution in [2.75, 3.05) is 14.2 Å². The number of carbonyl (C=O) groups is 3. The Morgan fingerprint density at radius 1 is 1.58 bits per heavy atom. The van der Waals surface area contributed by atoms with Gasteiger partial charge in [-0.2, -0.15) is 0 Å². The molecule has 1 fully saturated rings. The zero-order valence-corrected chi connectivity index (χ0v) is 6.86. The summed E-state index contributed by atoms with van der Waals surface area (Å²) < 4.78 is 4.36. The molecule has 0 aromatic carbocycles. The molecule has 1 atom stereocenters. The van der Waals surface area contributed by atoms with Gasteiger partial charge in [0.25, 0.3) is 0 Å². The summed E-state index contributed by atoms with van der Waals surface area (Å²) in [5, 5.41) is 0. The van der Waals surface area contributed by atoms with Gasteiger partial charge in [-0.3, -0.25) is 19.3 Å². The first-order valence-electron chi connectivity index (χ1n) is 3.46. The monoisotopic (exact) mass is 171 g/mol. The fourth-order valence-corrected chi connectivity index (χ4v) is 1.08. The molecule has 0 aromatic heterocycles. The molecule has 1 aliphatic heterocycles. The lowest BCUT2D eigenvalue weighted by Crippen LogP contribution is -2.29. The van der Waals surface area contributed by atoms with Crippen LogP contribution in [0.5, 0.6) is 0 Å². The van der Waals surface area contributed by atoms with Gasteiger partial charge in [-0.15, -0.1) is 0 Å². The van der Waals surface area contributed by atoms with Crippen molar-refractivity contribution in [1.82, 2.24) is 4.90 Å². The van der Waals surface area contributed by atoms with Gasteiger partial charge in [-0.25, -0.2) is 0 Å². The third-order valence-corrected chi connectivity index (χ3v) is 1.87. The molecule has 5 heteroatoms. The van der Waals surface area contributed by atoms with Crippen LogP contribution in [0.1, 0.15) is 6.42 Å². The molecule has 1 heterocycles. The zero-order chi connectivity index (χ0) is 9.30. The first-order valence-corrected chi connectivity index (χ1v) is 3.46. The van der Waals surface area contributed by atoms with Crippen LogP contribution < -0.4 is 0 Å². The summed E-state index contributed by atoms with van der Waals surface area (Å²) in [6.45, 7) is 0. The Kier molecular flexibility index (Phi) is 2.12. The van der Waals surface area contributed by atoms with Crippen LogP contribution in [0.25, 0.3) is 0 Å². The first-order chi connectivity index (χ1) is 5.57. The molecule has 0 radical (unpaired) electrons. The highest BCUT2D eigenvalue weighted by Gasteiger charge is 2.41. The minimum atomic E-state index is -0.924. The standard InChI is InChI=1S/C7H9NO4/c1-8-5(9)3-4(6(8)10)7(11)12-2/h4H,3H2,1-2H3/t4-/m1/s1. The smallest absolute Gasteiger partial charge is 0.318 e. The van der Waals surface area contributed by atoms with Gasteiger partial charge in [0, 0.05) is 13.5 Å². The first kappa shape index (κ1) is 8.70. The minimum Gasteiger partial charge on any atom is -0.468 e. The van der Waals surface area contributed by atoms with Crippen molar-refractivity contribution in [1.29, 1.82) is 0 Å². The van der Waals surface area contributed by atoms with Gasteiger partial charge in [-0.1, -0.05) is 0 Å². The summed E-state index contributed by atoms with van der Waals surface area (Å²) in [4.78, 5) is 33.9. The topological polar surface area (TPSA) is 63.7 Å². The Morgan fingerprint density at radius 3 is 2.50 bits per heavy atom. The number of ether oxygens (including phenoxy) is 1. The van der Waals surface area contributed by atoms with Crippen molar-refractivity contribution < 1.29 is 19.1 Å². The molecule has 2 amide bonds. The third-order valence-electron chi connectivity index (χ3n) is 1.87. The molecule has 0 bridgehead atoms. The van der Waals surface area contributed by atoms with Crippen LogP contribution in [0.4, 0.5) is 0 Å². The lowest BCUT2D eigenvalue weighted by atomic mass is 10.1. The van der Waals surface area contributed by atoms with Gasteiger partial charge in [0.05, 0.1) is 7.11 Å². The highest BCUT2D eigenvalue weighted by atomic mass is 16.5. The average molecular weight is 171 g/mol. The van der Waals surface area contributed by atoms with E-state index in [1.54, 1.807) is 0 Å². The maximum atomic E-state index is 11.1. The quantitative estimate of drug-likeness (QED) is 0.293. The molecule has 0 aromatic rings. The summed E-state index contributed by atoms with van der Waals surface area (Å²) in [5.74, 6) is -2.38. The van der Waals surface area contributed by atoms with Crippen LogP contribution in [0.15, 0.2) is 0 Å². The van der Waals surface area contributed by atoms with Crippen LogP contribution in [0, 0.1) is 5.92 Å². The van der Waals surface area contributed by atoms with E-state index in [1.807, 2.05) is 0 Å². The number of carbonyl (C=O) groups excluding carboxylic acids is 3. The van der Waals surface area contributed by atoms with Crippen molar-refractivity contribution in [3.63, 3.8) is 0 Å². The summed E-state index contributed by atoms with van der Waals surface area (Å²) in [6, 6.07) is 0. The molecular weight excluding hydrogens is 162 g/mol. The molecule has 0 unspecified atom stereocenters. The number of methoxy groups -OCH3 is 1. The molecule has 1 rings (SSSR count). The fraction of sp³-hybridized carbons (Fsp3) is 0.571. The van der Waals surface area contributed by atoms with Crippen LogP contribution >= 0.6 is 0 Å². The average Bonchev–Trinajstić information content (AvgIpc) is 2.32. The maximum absolute atomic E-state index is 11.1. The SMILES string of the molecule is COC(=O)[C@@H]1CC(=O)N(C)C1=O. The number of likely N-dealkylation sites (tertiary alicyclic amines) is 1. The Labute approximate surface area is 69.3 Å². The number of amides is 2. The van der Waals surface area contributed by atoms with Gasteiger partial charge in [-0.05, 0) is 0 Å². The molecule has 5 nitrogen and oxygen atoms in total. The van der Waals surface area contributed by atoms with Crippen LogP contribution in [-0.2, 0) is 19.1 Å². The molecule has 1 aliphatic rings. The molecule has 1 saturated heterocycles. The number of hydrogen-bond acceptors (Lipinski definition) is 4. The lowest BCUT2D eigenvalue weighted by Gasteiger charge is -2.05. The van der Waals surface area contributed by atoms with E-state index in [0.717, 1.165) is 4.90 Å². The Hall–Kier alpha value is -1.39. The molecule has 0 N–H and O–H groups in total. The Balaban J connectivity index is 2.78. The second-order valence-corrected chi connectivity index (χ2v) is 2.57. The summed E-state index contributed by atoms with van der Waals surface area (Å²) in [5.41, 5.74) is 0. The number of nitrogens with zero attached hydrogens (tertiary/aromatic N) is 1. The molecule has 66 valence electrons. The van der Waals surface area contributed by atoms with E-state index in [1.165, 1.54) is 14.2 Å². The summed E-state index contributed by atoms with van der Waals surface area (Å²) in [6.07, 6.45) is -0.0675. The Morgan fingerprint density at radius 2 is 2.17 bits per heavy atom. The molecular formula is C7H9NO4. The number of imide groups is 1. The van der Waals surface area contributed by atoms with Gasteiger partial charge in [0.1, 0.15) is 5.92 Å². The van der Waals surface area contributed by atoms with Crippen molar-refractivity contribution in [2.45, 2.75) is 6.42 Å². The van der Waals surface area contributed by atoms with Crippen LogP contribution in [0.3, 0.4) is 0 Å². The van der Waals surface area contributed by atoms with Crippen molar-refractivity contribution in [2.24, 2.45) is 5.92 Å². The van der Waals surface area contributed by atoms with E-state index in [9.17, 15) is 14.4 Å². The van der Waals surface area contributed by atoms with E-state index in [0.29, 0.717) is 0 Å². The van der Waals surface area contributed by atoms with Gasteiger partial charge in [0.2, 0.25) is 11.8 Å². The van der Waals surface area contributed by atoms with E-state index >= 15 is 0 Å². The Bertz CT molecular complexity index is 248. The summed E-state index contributed by atoms with van der Waals surface area (Å²) >= 11 is 0. The second kappa shape index (κ2) is 2.92. The molecule has 0 saturated carbocycles. The lowest BCUT2D eigenvalue weighted by molar-refractivity contribution is -0.150. The largest absolute Gasteiger partial charge is 0.468 e. The highest BCUT2D eigenvalue weighted by molar-refractivity contribution is 6.12. The van der Waals surface area contributed by atoms with E-state index < -0.39 is 17.8 Å². The maximum Gasteiger partial charge on any atom is 0.318 e. The zero-order valence-electron chi connectivity index (χ0n) is 6.86. The minimum absolute atomic E-state index is 0.0675. The van der Waals surface area contributed by atoms with Crippen molar-refractivity contribution in [3.05, 3.63) is 0 Å². The number of rotatable bonds is 1. The van der Waals surface area contributed by atoms with Gasteiger partial charge >= 0.3 is 5.97 Å². The van der Waals surface area contributed by atoms with Crippen molar-refractivity contribution in [3.8, 4) is 0 Å². The second-order valence-electron chi connectivity index (χ2n) is 2.57. The molecule has 12 heavy (non-hydrogen) atoms. The van der Waals surface area contributed by atoms with Gasteiger partial charge < -0.3 is 4.74 Å². The molecule has 0 aliphatic carbocycles. The van der Waals surface area contributed by atoms with E-state index in [4.69, 9.17) is 0 Å². The van der Waals surface area contributed by atoms with E-state index in [2.05, 4.69) is 4.74 Å². The summed E-state index contributed by atoms with van der Waals surface area (Å²) in [7, 11) is 2.55. The third kappa shape index (κ3) is 1.17.